The molecule has 0 aliphatic heterocycles. The van der Waals surface area contributed by atoms with Gasteiger partial charge in [-0.15, -0.1) is 11.3 Å². The van der Waals surface area contributed by atoms with Crippen LogP contribution < -0.4 is 5.73 Å². The number of fused-ring (bicyclic) bond motifs is 1. The lowest BCUT2D eigenvalue weighted by molar-refractivity contribution is 0.0533. The minimum atomic E-state index is -0.354. The van der Waals surface area contributed by atoms with Crippen molar-refractivity contribution in [1.29, 1.82) is 0 Å². The van der Waals surface area contributed by atoms with E-state index in [9.17, 15) is 4.79 Å². The van der Waals surface area contributed by atoms with Crippen LogP contribution in [-0.4, -0.2) is 12.6 Å². The fraction of sp³-hybridized carbons (Fsp3) is 0.182. The molecule has 16 heavy (non-hydrogen) atoms. The van der Waals surface area contributed by atoms with Crippen molar-refractivity contribution in [1.82, 2.24) is 0 Å². The van der Waals surface area contributed by atoms with E-state index in [-0.39, 0.29) is 5.97 Å². The number of rotatable bonds is 2. The highest BCUT2D eigenvalue weighted by Gasteiger charge is 2.18. The number of carbonyl (C=O) groups is 1. The Balaban J connectivity index is 2.60. The molecule has 2 N–H and O–H groups in total. The van der Waals surface area contributed by atoms with Crippen LogP contribution in [0, 0.1) is 0 Å². The van der Waals surface area contributed by atoms with Gasteiger partial charge in [0.1, 0.15) is 4.88 Å². The maximum absolute atomic E-state index is 11.6. The van der Waals surface area contributed by atoms with Crippen molar-refractivity contribution in [2.75, 3.05) is 12.3 Å². The quantitative estimate of drug-likeness (QED) is 0.865. The lowest BCUT2D eigenvalue weighted by Gasteiger charge is -1.98. The minimum absolute atomic E-state index is 0.354. The van der Waals surface area contributed by atoms with Crippen molar-refractivity contribution < 1.29 is 9.53 Å². The molecule has 0 radical (unpaired) electrons. The summed E-state index contributed by atoms with van der Waals surface area (Å²) in [6.45, 7) is 2.13. The summed E-state index contributed by atoms with van der Waals surface area (Å²) in [5.41, 5.74) is 6.43. The number of ether oxygens (including phenoxy) is 1. The second-order valence-electron chi connectivity index (χ2n) is 3.18. The van der Waals surface area contributed by atoms with Crippen molar-refractivity contribution in [3.05, 3.63) is 27.5 Å². The Kier molecular flexibility index (Phi) is 3.16. The van der Waals surface area contributed by atoms with E-state index in [1.54, 1.807) is 6.92 Å². The zero-order valence-electron chi connectivity index (χ0n) is 8.62. The van der Waals surface area contributed by atoms with Crippen LogP contribution in [0.4, 0.5) is 5.69 Å². The number of nitrogen functional groups attached to an aromatic ring is 1. The Morgan fingerprint density at radius 3 is 2.94 bits per heavy atom. The molecule has 5 heteroatoms. The molecule has 0 bridgehead atoms. The molecule has 0 aliphatic carbocycles. The molecular weight excluding hydrogens is 290 g/mol. The fourth-order valence-corrected chi connectivity index (χ4v) is 3.08. The third kappa shape index (κ3) is 1.81. The average Bonchev–Trinajstić information content (AvgIpc) is 2.59. The number of halogens is 1. The molecule has 0 atom stereocenters. The standard InChI is InChI=1S/C11H10BrNO2S/c1-2-15-11(14)10-8(13)6-4-3-5-7(12)9(6)16-10/h3-5H,2,13H2,1H3. The van der Waals surface area contributed by atoms with Gasteiger partial charge in [-0.25, -0.2) is 4.79 Å². The Morgan fingerprint density at radius 2 is 2.31 bits per heavy atom. The molecular formula is C11H10BrNO2S. The summed E-state index contributed by atoms with van der Waals surface area (Å²) in [4.78, 5) is 12.1. The predicted octanol–water partition coefficient (Wildman–Crippen LogP) is 3.42. The van der Waals surface area contributed by atoms with Gasteiger partial charge in [-0.3, -0.25) is 0 Å². The predicted molar refractivity (Wildman–Crippen MR) is 69.9 cm³/mol. The van der Waals surface area contributed by atoms with E-state index in [4.69, 9.17) is 10.5 Å². The van der Waals surface area contributed by atoms with E-state index in [0.29, 0.717) is 17.2 Å². The summed E-state index contributed by atoms with van der Waals surface area (Å²) in [7, 11) is 0. The van der Waals surface area contributed by atoms with E-state index >= 15 is 0 Å². The van der Waals surface area contributed by atoms with E-state index < -0.39 is 0 Å². The number of benzene rings is 1. The summed E-state index contributed by atoms with van der Waals surface area (Å²) in [5.74, 6) is -0.354. The van der Waals surface area contributed by atoms with Gasteiger partial charge in [0.2, 0.25) is 0 Å². The van der Waals surface area contributed by atoms with Crippen LogP contribution >= 0.6 is 27.3 Å². The number of anilines is 1. The lowest BCUT2D eigenvalue weighted by Crippen LogP contribution is -2.04. The first-order chi connectivity index (χ1) is 7.65. The van der Waals surface area contributed by atoms with Crippen LogP contribution in [0.5, 0.6) is 0 Å². The smallest absolute Gasteiger partial charge is 0.350 e. The molecule has 84 valence electrons. The van der Waals surface area contributed by atoms with Gasteiger partial charge in [0.05, 0.1) is 17.0 Å². The van der Waals surface area contributed by atoms with Gasteiger partial charge >= 0.3 is 5.97 Å². The van der Waals surface area contributed by atoms with Crippen molar-refractivity contribution in [3.63, 3.8) is 0 Å². The van der Waals surface area contributed by atoms with Crippen LogP contribution in [0.25, 0.3) is 10.1 Å². The van der Waals surface area contributed by atoms with Crippen LogP contribution in [0.15, 0.2) is 22.7 Å². The number of hydrogen-bond donors (Lipinski definition) is 1. The molecule has 0 amide bonds. The molecule has 0 unspecified atom stereocenters. The van der Waals surface area contributed by atoms with Gasteiger partial charge in [-0.2, -0.15) is 0 Å². The van der Waals surface area contributed by atoms with Crippen LogP contribution in [-0.2, 0) is 4.74 Å². The first-order valence-corrected chi connectivity index (χ1v) is 6.39. The molecule has 0 spiro atoms. The van der Waals surface area contributed by atoms with Crippen molar-refractivity contribution in [3.8, 4) is 0 Å². The molecule has 2 aromatic rings. The molecule has 1 heterocycles. The third-order valence-electron chi connectivity index (χ3n) is 2.17. The van der Waals surface area contributed by atoms with Gasteiger partial charge in [0.15, 0.2) is 0 Å². The SMILES string of the molecule is CCOC(=O)c1sc2c(Br)cccc2c1N. The third-order valence-corrected chi connectivity index (χ3v) is 4.32. The molecule has 0 saturated carbocycles. The van der Waals surface area contributed by atoms with Crippen LogP contribution in [0.1, 0.15) is 16.6 Å². The van der Waals surface area contributed by atoms with Gasteiger partial charge in [0.25, 0.3) is 0 Å². The van der Waals surface area contributed by atoms with Gasteiger partial charge < -0.3 is 10.5 Å². The molecule has 1 aromatic heterocycles. The number of carbonyl (C=O) groups excluding carboxylic acids is 1. The number of esters is 1. The number of nitrogens with two attached hydrogens (primary N) is 1. The topological polar surface area (TPSA) is 52.3 Å². The first kappa shape index (κ1) is 11.4. The summed E-state index contributed by atoms with van der Waals surface area (Å²) < 4.78 is 6.87. The van der Waals surface area contributed by atoms with E-state index in [0.717, 1.165) is 14.6 Å². The number of hydrogen-bond acceptors (Lipinski definition) is 4. The molecule has 0 saturated heterocycles. The van der Waals surface area contributed by atoms with Gasteiger partial charge in [0, 0.05) is 9.86 Å². The Hall–Kier alpha value is -1.07. The molecule has 3 nitrogen and oxygen atoms in total. The minimum Gasteiger partial charge on any atom is -0.462 e. The highest BCUT2D eigenvalue weighted by atomic mass is 79.9. The monoisotopic (exact) mass is 299 g/mol. The van der Waals surface area contributed by atoms with Gasteiger partial charge in [-0.05, 0) is 28.9 Å². The summed E-state index contributed by atoms with van der Waals surface area (Å²) in [6, 6.07) is 5.71. The molecule has 1 aromatic carbocycles. The van der Waals surface area contributed by atoms with E-state index in [1.165, 1.54) is 11.3 Å². The number of thiophene rings is 1. The average molecular weight is 300 g/mol. The second-order valence-corrected chi connectivity index (χ2v) is 5.06. The molecule has 2 rings (SSSR count). The lowest BCUT2D eigenvalue weighted by atomic mass is 10.2. The zero-order valence-corrected chi connectivity index (χ0v) is 11.0. The zero-order chi connectivity index (χ0) is 11.7. The van der Waals surface area contributed by atoms with Crippen LogP contribution in [0.2, 0.25) is 0 Å². The first-order valence-electron chi connectivity index (χ1n) is 4.78. The van der Waals surface area contributed by atoms with Crippen LogP contribution in [0.3, 0.4) is 0 Å². The molecule has 0 fully saturated rings. The normalized spacial score (nSPS) is 10.6. The highest BCUT2D eigenvalue weighted by molar-refractivity contribution is 9.10. The Labute approximate surface area is 105 Å². The van der Waals surface area contributed by atoms with Crippen molar-refractivity contribution in [2.45, 2.75) is 6.92 Å². The maximum Gasteiger partial charge on any atom is 0.350 e. The van der Waals surface area contributed by atoms with Crippen molar-refractivity contribution in [2.24, 2.45) is 0 Å². The Morgan fingerprint density at radius 1 is 1.56 bits per heavy atom. The van der Waals surface area contributed by atoms with E-state index in [1.807, 2.05) is 18.2 Å². The molecule has 0 aliphatic rings. The Bertz CT molecular complexity index is 550. The summed E-state index contributed by atoms with van der Waals surface area (Å²) in [5, 5.41) is 0.891. The fourth-order valence-electron chi connectivity index (χ4n) is 1.45. The van der Waals surface area contributed by atoms with E-state index in [2.05, 4.69) is 15.9 Å². The maximum atomic E-state index is 11.6. The second kappa shape index (κ2) is 4.43. The summed E-state index contributed by atoms with van der Waals surface area (Å²) in [6.07, 6.45) is 0. The summed E-state index contributed by atoms with van der Waals surface area (Å²) >= 11 is 4.79. The highest BCUT2D eigenvalue weighted by Crippen LogP contribution is 2.38. The van der Waals surface area contributed by atoms with Gasteiger partial charge in [-0.1, -0.05) is 12.1 Å². The van der Waals surface area contributed by atoms with Crippen molar-refractivity contribution >= 4 is 49.0 Å². The largest absolute Gasteiger partial charge is 0.462 e.